The van der Waals surface area contributed by atoms with E-state index in [-0.39, 0.29) is 0 Å². The zero-order chi connectivity index (χ0) is 24.1. The highest BCUT2D eigenvalue weighted by Gasteiger charge is 2.18. The van der Waals surface area contributed by atoms with Crippen LogP contribution in [0.5, 0.6) is 0 Å². The first-order chi connectivity index (χ1) is 17.8. The molecule has 36 heavy (non-hydrogen) atoms. The van der Waals surface area contributed by atoms with Gasteiger partial charge in [-0.25, -0.2) is 0 Å². The Balaban J connectivity index is 1.61. The zero-order valence-corrected chi connectivity index (χ0v) is 20.7. The monoisotopic (exact) mass is 477 g/mol. The van der Waals surface area contributed by atoms with E-state index in [4.69, 9.17) is 0 Å². The van der Waals surface area contributed by atoms with Gasteiger partial charge in [0.25, 0.3) is 0 Å². The molecule has 6 aromatic carbocycles. The third-order valence-electron chi connectivity index (χ3n) is 7.05. The summed E-state index contributed by atoms with van der Waals surface area (Å²) in [7, 11) is 0. The number of benzene rings is 6. The van der Waals surface area contributed by atoms with Gasteiger partial charge in [0.15, 0.2) is 0 Å². The first-order valence-corrected chi connectivity index (χ1v) is 13.0. The van der Waals surface area contributed by atoms with Gasteiger partial charge in [-0.2, -0.15) is 0 Å². The smallest absolute Gasteiger partial charge is 0.0353 e. The number of pyridine rings is 1. The van der Waals surface area contributed by atoms with Crippen molar-refractivity contribution in [1.82, 2.24) is 4.98 Å². The molecule has 7 aromatic rings. The normalized spacial score (nSPS) is 11.6. The fraction of sp³-hybridized carbons (Fsp3) is 0.0294. The topological polar surface area (TPSA) is 12.9 Å². The lowest BCUT2D eigenvalue weighted by Crippen LogP contribution is -1.92. The molecule has 0 spiro atoms. The largest absolute Gasteiger partial charge is 0.264 e. The van der Waals surface area contributed by atoms with Crippen molar-refractivity contribution in [2.45, 2.75) is 16.7 Å². The molecule has 0 saturated carbocycles. The standard InChI is InChI=1S/C34H23NS/c1-22-14-16-24(17-15-22)36-34-29-13-7-6-12-28(29)33(32-21-35-19-18-30(32)34)31-20-23-8-2-3-9-25(23)26-10-4-5-11-27(26)31/h2-21H,1H3. The Morgan fingerprint density at radius 2 is 1.19 bits per heavy atom. The summed E-state index contributed by atoms with van der Waals surface area (Å²) in [6, 6.07) is 39.6. The van der Waals surface area contributed by atoms with Crippen molar-refractivity contribution in [3.05, 3.63) is 127 Å². The van der Waals surface area contributed by atoms with E-state index in [1.165, 1.54) is 69.6 Å². The second-order valence-corrected chi connectivity index (χ2v) is 10.4. The molecule has 0 fully saturated rings. The number of fused-ring (bicyclic) bond motifs is 5. The molecule has 0 atom stereocenters. The maximum atomic E-state index is 4.60. The molecule has 0 N–H and O–H groups in total. The molecule has 0 unspecified atom stereocenters. The van der Waals surface area contributed by atoms with Crippen LogP contribution in [0.2, 0.25) is 0 Å². The number of aryl methyl sites for hydroxylation is 1. The van der Waals surface area contributed by atoms with Gasteiger partial charge >= 0.3 is 0 Å². The average Bonchev–Trinajstić information content (AvgIpc) is 2.94. The summed E-state index contributed by atoms with van der Waals surface area (Å²) in [6.45, 7) is 2.13. The summed E-state index contributed by atoms with van der Waals surface area (Å²) < 4.78 is 0. The highest BCUT2D eigenvalue weighted by atomic mass is 32.2. The van der Waals surface area contributed by atoms with Crippen molar-refractivity contribution >= 4 is 54.9 Å². The van der Waals surface area contributed by atoms with E-state index < -0.39 is 0 Å². The van der Waals surface area contributed by atoms with Gasteiger partial charge in [0.2, 0.25) is 0 Å². The van der Waals surface area contributed by atoms with Crippen LogP contribution in [0.1, 0.15) is 5.56 Å². The van der Waals surface area contributed by atoms with Crippen molar-refractivity contribution < 1.29 is 0 Å². The molecule has 0 radical (unpaired) electrons. The van der Waals surface area contributed by atoms with Gasteiger partial charge in [-0.15, -0.1) is 0 Å². The Morgan fingerprint density at radius 1 is 0.556 bits per heavy atom. The second kappa shape index (κ2) is 8.51. The molecule has 1 aromatic heterocycles. The average molecular weight is 478 g/mol. The number of hydrogen-bond acceptors (Lipinski definition) is 2. The molecule has 2 heteroatoms. The minimum Gasteiger partial charge on any atom is -0.264 e. The van der Waals surface area contributed by atoms with Crippen LogP contribution in [-0.2, 0) is 0 Å². The Kier molecular flexibility index (Phi) is 5.00. The summed E-state index contributed by atoms with van der Waals surface area (Å²) in [5, 5.41) is 10.0. The van der Waals surface area contributed by atoms with E-state index in [1.54, 1.807) is 0 Å². The van der Waals surface area contributed by atoms with E-state index in [0.29, 0.717) is 0 Å². The fourth-order valence-corrected chi connectivity index (χ4v) is 6.45. The van der Waals surface area contributed by atoms with Crippen LogP contribution in [-0.4, -0.2) is 4.98 Å². The molecule has 1 heterocycles. The van der Waals surface area contributed by atoms with Crippen molar-refractivity contribution in [3.8, 4) is 11.1 Å². The van der Waals surface area contributed by atoms with Crippen LogP contribution in [0, 0.1) is 6.92 Å². The quantitative estimate of drug-likeness (QED) is 0.185. The Hall–Kier alpha value is -4.14. The lowest BCUT2D eigenvalue weighted by atomic mass is 9.88. The van der Waals surface area contributed by atoms with E-state index in [1.807, 2.05) is 24.2 Å². The molecular formula is C34H23NS. The molecular weight excluding hydrogens is 454 g/mol. The Labute approximate surface area is 214 Å². The van der Waals surface area contributed by atoms with Gasteiger partial charge in [0, 0.05) is 27.6 Å². The predicted molar refractivity (Wildman–Crippen MR) is 155 cm³/mol. The van der Waals surface area contributed by atoms with Crippen molar-refractivity contribution in [2.75, 3.05) is 0 Å². The first-order valence-electron chi connectivity index (χ1n) is 12.2. The molecule has 0 aliphatic rings. The molecule has 170 valence electrons. The van der Waals surface area contributed by atoms with Gasteiger partial charge in [-0.1, -0.05) is 102 Å². The summed E-state index contributed by atoms with van der Waals surface area (Å²) in [5.74, 6) is 0. The zero-order valence-electron chi connectivity index (χ0n) is 19.9. The summed E-state index contributed by atoms with van der Waals surface area (Å²) >= 11 is 1.84. The number of rotatable bonds is 3. The minimum absolute atomic E-state index is 1.19. The van der Waals surface area contributed by atoms with Crippen molar-refractivity contribution in [3.63, 3.8) is 0 Å². The molecule has 0 aliphatic carbocycles. The van der Waals surface area contributed by atoms with E-state index >= 15 is 0 Å². The van der Waals surface area contributed by atoms with Crippen LogP contribution >= 0.6 is 11.8 Å². The molecule has 0 aliphatic heterocycles. The molecule has 0 bridgehead atoms. The maximum Gasteiger partial charge on any atom is 0.0353 e. The van der Waals surface area contributed by atoms with E-state index in [9.17, 15) is 0 Å². The number of aromatic nitrogens is 1. The summed E-state index contributed by atoms with van der Waals surface area (Å²) in [4.78, 5) is 7.12. The minimum atomic E-state index is 1.19. The third-order valence-corrected chi connectivity index (χ3v) is 8.21. The van der Waals surface area contributed by atoms with Gasteiger partial charge in [0.1, 0.15) is 0 Å². The highest BCUT2D eigenvalue weighted by Crippen LogP contribution is 2.47. The lowest BCUT2D eigenvalue weighted by molar-refractivity contribution is 1.35. The SMILES string of the molecule is Cc1ccc(Sc2c3ccccc3c(-c3cc4ccccc4c4ccccc34)c3cnccc23)cc1. The van der Waals surface area contributed by atoms with E-state index in [2.05, 4.69) is 121 Å². The number of hydrogen-bond donors (Lipinski definition) is 0. The first kappa shape index (κ1) is 21.2. The van der Waals surface area contributed by atoms with Crippen molar-refractivity contribution in [2.24, 2.45) is 0 Å². The molecule has 1 nitrogen and oxygen atoms in total. The second-order valence-electron chi connectivity index (χ2n) is 9.28. The Morgan fingerprint density at radius 3 is 2.00 bits per heavy atom. The van der Waals surface area contributed by atoms with Crippen LogP contribution in [0.3, 0.4) is 0 Å². The van der Waals surface area contributed by atoms with Crippen LogP contribution in [0.15, 0.2) is 131 Å². The molecule has 0 amide bonds. The maximum absolute atomic E-state index is 4.60. The predicted octanol–water partition coefficient (Wildman–Crippen LogP) is 9.82. The summed E-state index contributed by atoms with van der Waals surface area (Å²) in [6.07, 6.45) is 3.96. The van der Waals surface area contributed by atoms with Crippen LogP contribution < -0.4 is 0 Å². The molecule has 0 saturated heterocycles. The van der Waals surface area contributed by atoms with Crippen LogP contribution in [0.25, 0.3) is 54.2 Å². The van der Waals surface area contributed by atoms with Crippen LogP contribution in [0.4, 0.5) is 0 Å². The van der Waals surface area contributed by atoms with Gasteiger partial charge in [-0.05, 0) is 80.0 Å². The fourth-order valence-electron chi connectivity index (χ4n) is 5.37. The number of nitrogens with zero attached hydrogens (tertiary/aromatic N) is 1. The third kappa shape index (κ3) is 3.37. The molecule has 7 rings (SSSR count). The van der Waals surface area contributed by atoms with Gasteiger partial charge in [-0.3, -0.25) is 4.98 Å². The lowest BCUT2D eigenvalue weighted by Gasteiger charge is -2.19. The van der Waals surface area contributed by atoms with E-state index in [0.717, 1.165) is 0 Å². The van der Waals surface area contributed by atoms with Gasteiger partial charge < -0.3 is 0 Å². The Bertz CT molecular complexity index is 1860. The van der Waals surface area contributed by atoms with Gasteiger partial charge in [0.05, 0.1) is 0 Å². The highest BCUT2D eigenvalue weighted by molar-refractivity contribution is 7.99. The summed E-state index contributed by atoms with van der Waals surface area (Å²) in [5.41, 5.74) is 3.78. The van der Waals surface area contributed by atoms with Crippen molar-refractivity contribution in [1.29, 1.82) is 0 Å².